The Morgan fingerprint density at radius 2 is 2.00 bits per heavy atom. The summed E-state index contributed by atoms with van der Waals surface area (Å²) < 4.78 is 0. The van der Waals surface area contributed by atoms with Crippen LogP contribution in [-0.2, 0) is 12.8 Å². The predicted molar refractivity (Wildman–Crippen MR) is 73.5 cm³/mol. The van der Waals surface area contributed by atoms with Crippen molar-refractivity contribution in [3.8, 4) is 0 Å². The summed E-state index contributed by atoms with van der Waals surface area (Å²) in [5.41, 5.74) is 4.85. The highest BCUT2D eigenvalue weighted by Crippen LogP contribution is 2.27. The van der Waals surface area contributed by atoms with Gasteiger partial charge in [-0.3, -0.25) is 0 Å². The van der Waals surface area contributed by atoms with Gasteiger partial charge in [-0.25, -0.2) is 9.97 Å². The van der Waals surface area contributed by atoms with Crippen LogP contribution in [0.3, 0.4) is 0 Å². The molecule has 0 unspecified atom stereocenters. The largest absolute Gasteiger partial charge is 0.340 e. The van der Waals surface area contributed by atoms with E-state index in [1.165, 1.54) is 36.7 Å². The van der Waals surface area contributed by atoms with Crippen LogP contribution in [-0.4, -0.2) is 9.97 Å². The van der Waals surface area contributed by atoms with Gasteiger partial charge in [-0.05, 0) is 49.4 Å². The number of halogens is 1. The fourth-order valence-electron chi connectivity index (χ4n) is 2.34. The minimum absolute atomic E-state index is 0.494. The van der Waals surface area contributed by atoms with Gasteiger partial charge in [0.05, 0.1) is 0 Å². The molecule has 1 aliphatic rings. The first-order valence-electron chi connectivity index (χ1n) is 6.10. The van der Waals surface area contributed by atoms with Gasteiger partial charge in [-0.1, -0.05) is 17.7 Å². The van der Waals surface area contributed by atoms with E-state index in [-0.39, 0.29) is 0 Å². The van der Waals surface area contributed by atoms with Crippen molar-refractivity contribution in [2.45, 2.75) is 26.2 Å². The number of aromatic nitrogens is 2. The molecule has 0 bridgehead atoms. The Kier molecular flexibility index (Phi) is 2.92. The van der Waals surface area contributed by atoms with Gasteiger partial charge in [0.2, 0.25) is 0 Å². The third-order valence-electron chi connectivity index (χ3n) is 3.38. The van der Waals surface area contributed by atoms with E-state index in [4.69, 9.17) is 11.6 Å². The van der Waals surface area contributed by atoms with E-state index in [1.807, 2.05) is 6.92 Å². The van der Waals surface area contributed by atoms with Gasteiger partial charge in [-0.15, -0.1) is 0 Å². The Labute approximate surface area is 111 Å². The SMILES string of the molecule is Cc1c(Cl)ncnc1Nc1ccc2c(c1)CCC2. The van der Waals surface area contributed by atoms with Crippen LogP contribution in [0.25, 0.3) is 0 Å². The van der Waals surface area contributed by atoms with E-state index in [2.05, 4.69) is 33.5 Å². The molecule has 1 N–H and O–H groups in total. The van der Waals surface area contributed by atoms with Crippen LogP contribution in [0, 0.1) is 6.92 Å². The molecule has 0 aliphatic heterocycles. The molecule has 1 aromatic heterocycles. The number of hydrogen-bond acceptors (Lipinski definition) is 3. The van der Waals surface area contributed by atoms with Crippen molar-refractivity contribution >= 4 is 23.1 Å². The van der Waals surface area contributed by atoms with Gasteiger partial charge < -0.3 is 5.32 Å². The Morgan fingerprint density at radius 1 is 1.17 bits per heavy atom. The predicted octanol–water partition coefficient (Wildman–Crippen LogP) is 3.67. The molecule has 0 radical (unpaired) electrons. The molecular formula is C14H14ClN3. The van der Waals surface area contributed by atoms with E-state index < -0.39 is 0 Å². The standard InChI is InChI=1S/C14H14ClN3/c1-9-13(15)16-8-17-14(9)18-12-6-5-10-3-2-4-11(10)7-12/h5-8H,2-4H2,1H3,(H,16,17,18). The lowest BCUT2D eigenvalue weighted by molar-refractivity contribution is 0.912. The van der Waals surface area contributed by atoms with Crippen LogP contribution in [0.1, 0.15) is 23.1 Å². The first-order valence-corrected chi connectivity index (χ1v) is 6.48. The molecule has 18 heavy (non-hydrogen) atoms. The van der Waals surface area contributed by atoms with Crippen LogP contribution in [0.15, 0.2) is 24.5 Å². The fraction of sp³-hybridized carbons (Fsp3) is 0.286. The monoisotopic (exact) mass is 259 g/mol. The number of benzene rings is 1. The molecular weight excluding hydrogens is 246 g/mol. The lowest BCUT2D eigenvalue weighted by Crippen LogP contribution is -1.98. The first-order chi connectivity index (χ1) is 8.74. The quantitative estimate of drug-likeness (QED) is 0.837. The van der Waals surface area contributed by atoms with Crippen LogP contribution in [0.2, 0.25) is 5.15 Å². The Balaban J connectivity index is 1.90. The van der Waals surface area contributed by atoms with Crippen molar-refractivity contribution < 1.29 is 0 Å². The van der Waals surface area contributed by atoms with Gasteiger partial charge in [0.1, 0.15) is 17.3 Å². The molecule has 3 rings (SSSR count). The molecule has 1 aromatic carbocycles. The number of fused-ring (bicyclic) bond motifs is 1. The van der Waals surface area contributed by atoms with Crippen LogP contribution < -0.4 is 5.32 Å². The summed E-state index contributed by atoms with van der Waals surface area (Å²) >= 11 is 5.98. The zero-order valence-corrected chi connectivity index (χ0v) is 11.0. The first kappa shape index (κ1) is 11.5. The van der Waals surface area contributed by atoms with Crippen LogP contribution in [0.5, 0.6) is 0 Å². The summed E-state index contributed by atoms with van der Waals surface area (Å²) in [4.78, 5) is 8.17. The summed E-state index contributed by atoms with van der Waals surface area (Å²) in [6.45, 7) is 1.91. The molecule has 1 heterocycles. The third-order valence-corrected chi connectivity index (χ3v) is 3.76. The van der Waals surface area contributed by atoms with Crippen molar-refractivity contribution in [3.63, 3.8) is 0 Å². The van der Waals surface area contributed by atoms with Gasteiger partial charge >= 0.3 is 0 Å². The molecule has 0 atom stereocenters. The van der Waals surface area contributed by atoms with Gasteiger partial charge in [-0.2, -0.15) is 0 Å². The van der Waals surface area contributed by atoms with E-state index in [1.54, 1.807) is 0 Å². The summed E-state index contributed by atoms with van der Waals surface area (Å²) in [5.74, 6) is 0.771. The average Bonchev–Trinajstić information content (AvgIpc) is 2.82. The number of nitrogens with one attached hydrogen (secondary N) is 1. The van der Waals surface area contributed by atoms with E-state index in [9.17, 15) is 0 Å². The van der Waals surface area contributed by atoms with E-state index >= 15 is 0 Å². The molecule has 0 saturated heterocycles. The molecule has 3 nitrogen and oxygen atoms in total. The smallest absolute Gasteiger partial charge is 0.138 e. The second-order valence-corrected chi connectivity index (χ2v) is 4.96. The highest BCUT2D eigenvalue weighted by atomic mass is 35.5. The van der Waals surface area contributed by atoms with Crippen molar-refractivity contribution in [1.29, 1.82) is 0 Å². The van der Waals surface area contributed by atoms with Gasteiger partial charge in [0, 0.05) is 11.3 Å². The van der Waals surface area contributed by atoms with Crippen LogP contribution in [0.4, 0.5) is 11.5 Å². The van der Waals surface area contributed by atoms with E-state index in [0.717, 1.165) is 17.1 Å². The molecule has 1 aliphatic carbocycles. The summed E-state index contributed by atoms with van der Waals surface area (Å²) in [6, 6.07) is 6.50. The zero-order valence-electron chi connectivity index (χ0n) is 10.2. The maximum atomic E-state index is 5.98. The van der Waals surface area contributed by atoms with Gasteiger partial charge in [0.25, 0.3) is 0 Å². The molecule has 0 fully saturated rings. The second kappa shape index (κ2) is 4.58. The van der Waals surface area contributed by atoms with Gasteiger partial charge in [0.15, 0.2) is 0 Å². The van der Waals surface area contributed by atoms with E-state index in [0.29, 0.717) is 5.15 Å². The second-order valence-electron chi connectivity index (χ2n) is 4.60. The summed E-state index contributed by atoms with van der Waals surface area (Å²) in [7, 11) is 0. The Morgan fingerprint density at radius 3 is 2.89 bits per heavy atom. The Bertz CT molecular complexity index is 596. The number of hydrogen-bond donors (Lipinski definition) is 1. The normalized spacial score (nSPS) is 13.4. The zero-order chi connectivity index (χ0) is 12.5. The van der Waals surface area contributed by atoms with Crippen molar-refractivity contribution in [1.82, 2.24) is 9.97 Å². The minimum Gasteiger partial charge on any atom is -0.340 e. The number of anilines is 2. The molecule has 92 valence electrons. The maximum Gasteiger partial charge on any atom is 0.138 e. The molecule has 0 amide bonds. The van der Waals surface area contributed by atoms with Crippen molar-refractivity contribution in [2.75, 3.05) is 5.32 Å². The molecule has 0 spiro atoms. The van der Waals surface area contributed by atoms with Crippen molar-refractivity contribution in [2.24, 2.45) is 0 Å². The maximum absolute atomic E-state index is 5.98. The number of aryl methyl sites for hydroxylation is 2. The fourth-order valence-corrected chi connectivity index (χ4v) is 2.47. The molecule has 0 saturated carbocycles. The third kappa shape index (κ3) is 2.06. The summed E-state index contributed by atoms with van der Waals surface area (Å²) in [6.07, 6.45) is 5.12. The summed E-state index contributed by atoms with van der Waals surface area (Å²) in [5, 5.41) is 3.80. The van der Waals surface area contributed by atoms with Crippen molar-refractivity contribution in [3.05, 3.63) is 46.4 Å². The molecule has 4 heteroatoms. The topological polar surface area (TPSA) is 37.8 Å². The number of rotatable bonds is 2. The highest BCUT2D eigenvalue weighted by Gasteiger charge is 2.11. The lowest BCUT2D eigenvalue weighted by Gasteiger charge is -2.10. The average molecular weight is 260 g/mol. The Hall–Kier alpha value is -1.61. The minimum atomic E-state index is 0.494. The number of nitrogens with zero attached hydrogens (tertiary/aromatic N) is 2. The highest BCUT2D eigenvalue weighted by molar-refractivity contribution is 6.30. The molecule has 2 aromatic rings. The van der Waals surface area contributed by atoms with Crippen LogP contribution >= 0.6 is 11.6 Å². The lowest BCUT2D eigenvalue weighted by atomic mass is 10.1.